The van der Waals surface area contributed by atoms with Gasteiger partial charge in [-0.15, -0.1) is 0 Å². The highest BCUT2D eigenvalue weighted by Crippen LogP contribution is 2.31. The quantitative estimate of drug-likeness (QED) is 0.361. The highest BCUT2D eigenvalue weighted by Gasteiger charge is 2.12. The number of nitrogens with zero attached hydrogens (tertiary/aromatic N) is 4. The molecule has 0 amide bonds. The van der Waals surface area contributed by atoms with Crippen LogP contribution in [0.3, 0.4) is 0 Å². The van der Waals surface area contributed by atoms with Crippen LogP contribution in [0.25, 0.3) is 45.4 Å². The highest BCUT2D eigenvalue weighted by atomic mass is 16.5. The van der Waals surface area contributed by atoms with Crippen molar-refractivity contribution in [2.75, 3.05) is 0 Å². The molecule has 6 rings (SSSR count). The Balaban J connectivity index is 1.30. The number of pyridine rings is 2. The van der Waals surface area contributed by atoms with E-state index in [1.807, 2.05) is 72.8 Å². The largest absolute Gasteiger partial charge is 0.457 e. The van der Waals surface area contributed by atoms with Gasteiger partial charge in [0.25, 0.3) is 0 Å². The van der Waals surface area contributed by atoms with Gasteiger partial charge in [0.05, 0.1) is 0 Å². The second kappa shape index (κ2) is 7.07. The minimum absolute atomic E-state index is 0.471. The minimum Gasteiger partial charge on any atom is -0.457 e. The lowest BCUT2D eigenvalue weighted by Crippen LogP contribution is -1.84. The van der Waals surface area contributed by atoms with Crippen LogP contribution in [0.4, 0.5) is 0 Å². The van der Waals surface area contributed by atoms with Crippen molar-refractivity contribution in [1.82, 2.24) is 19.9 Å². The lowest BCUT2D eigenvalue weighted by atomic mass is 10.3. The monoisotopic (exact) mass is 406 g/mol. The number of ether oxygens (including phenoxy) is 1. The summed E-state index contributed by atoms with van der Waals surface area (Å²) in [6.45, 7) is 0. The number of hydrogen-bond acceptors (Lipinski definition) is 7. The Morgan fingerprint density at radius 2 is 1.10 bits per heavy atom. The Morgan fingerprint density at radius 3 is 1.55 bits per heavy atom. The molecule has 0 unspecified atom stereocenters. The van der Waals surface area contributed by atoms with Gasteiger partial charge in [-0.1, -0.05) is 12.1 Å². The van der Waals surface area contributed by atoms with Crippen molar-refractivity contribution in [1.29, 1.82) is 0 Å². The lowest BCUT2D eigenvalue weighted by Gasteiger charge is -2.04. The summed E-state index contributed by atoms with van der Waals surface area (Å²) in [6, 6.07) is 22.2. The van der Waals surface area contributed by atoms with Gasteiger partial charge >= 0.3 is 0 Å². The van der Waals surface area contributed by atoms with Crippen molar-refractivity contribution < 1.29 is 13.6 Å². The van der Waals surface area contributed by atoms with E-state index in [-0.39, 0.29) is 0 Å². The Morgan fingerprint density at radius 1 is 0.581 bits per heavy atom. The smallest absolute Gasteiger partial charge is 0.246 e. The third-order valence-electron chi connectivity index (χ3n) is 4.72. The van der Waals surface area contributed by atoms with Gasteiger partial charge in [0.2, 0.25) is 11.8 Å². The van der Waals surface area contributed by atoms with Crippen LogP contribution in [0, 0.1) is 0 Å². The summed E-state index contributed by atoms with van der Waals surface area (Å²) >= 11 is 0. The van der Waals surface area contributed by atoms with Gasteiger partial charge in [-0.05, 0) is 48.5 Å². The van der Waals surface area contributed by atoms with E-state index in [1.165, 1.54) is 0 Å². The lowest BCUT2D eigenvalue weighted by molar-refractivity contribution is 0.483. The molecule has 0 spiro atoms. The van der Waals surface area contributed by atoms with Crippen molar-refractivity contribution in [2.24, 2.45) is 0 Å². The molecule has 7 heteroatoms. The predicted molar refractivity (Wildman–Crippen MR) is 115 cm³/mol. The number of benzene rings is 2. The van der Waals surface area contributed by atoms with Gasteiger partial charge in [-0.2, -0.15) is 0 Å². The van der Waals surface area contributed by atoms with Gasteiger partial charge in [-0.3, -0.25) is 9.97 Å². The first-order valence-electron chi connectivity index (χ1n) is 9.64. The average Bonchev–Trinajstić information content (AvgIpc) is 3.44. The van der Waals surface area contributed by atoms with Crippen molar-refractivity contribution in [2.45, 2.75) is 0 Å². The molecule has 148 valence electrons. The van der Waals surface area contributed by atoms with Crippen LogP contribution < -0.4 is 4.74 Å². The third kappa shape index (κ3) is 3.28. The van der Waals surface area contributed by atoms with Crippen LogP contribution >= 0.6 is 0 Å². The molecule has 0 saturated heterocycles. The zero-order valence-corrected chi connectivity index (χ0v) is 16.1. The summed E-state index contributed by atoms with van der Waals surface area (Å²) < 4.78 is 17.6. The molecule has 6 aromatic rings. The Kier molecular flexibility index (Phi) is 3.96. The van der Waals surface area contributed by atoms with Crippen molar-refractivity contribution >= 4 is 22.2 Å². The van der Waals surface area contributed by atoms with E-state index < -0.39 is 0 Å². The highest BCUT2D eigenvalue weighted by molar-refractivity contribution is 5.79. The summed E-state index contributed by atoms with van der Waals surface area (Å²) in [5.74, 6) is 2.22. The van der Waals surface area contributed by atoms with E-state index >= 15 is 0 Å². The van der Waals surface area contributed by atoms with E-state index in [9.17, 15) is 0 Å². The maximum Gasteiger partial charge on any atom is 0.246 e. The SMILES string of the molecule is c1ccc(-c2nc3cc(Oc4ccc5oc(-c6ccccn6)nc5c4)ccc3o2)nc1. The summed E-state index contributed by atoms with van der Waals surface area (Å²) in [5, 5.41) is 0. The maximum absolute atomic E-state index is 6.03. The van der Waals surface area contributed by atoms with Gasteiger partial charge in [-0.25, -0.2) is 9.97 Å². The van der Waals surface area contributed by atoms with Gasteiger partial charge in [0, 0.05) is 24.5 Å². The molecule has 2 aromatic carbocycles. The summed E-state index contributed by atoms with van der Waals surface area (Å²) in [5.41, 5.74) is 4.08. The Hall–Kier alpha value is -4.52. The number of fused-ring (bicyclic) bond motifs is 2. The van der Waals surface area contributed by atoms with Gasteiger partial charge < -0.3 is 13.6 Å². The molecule has 0 bridgehead atoms. The molecule has 0 saturated carbocycles. The Labute approximate surface area is 176 Å². The maximum atomic E-state index is 6.03. The molecule has 0 aliphatic carbocycles. The molecule has 0 atom stereocenters. The van der Waals surface area contributed by atoms with Crippen LogP contribution in [0.15, 0.2) is 94.0 Å². The van der Waals surface area contributed by atoms with Crippen LogP contribution in [0.5, 0.6) is 11.5 Å². The zero-order valence-electron chi connectivity index (χ0n) is 16.1. The Bertz CT molecular complexity index is 1390. The molecule has 0 N–H and O–H groups in total. The first kappa shape index (κ1) is 17.3. The zero-order chi connectivity index (χ0) is 20.6. The van der Waals surface area contributed by atoms with E-state index in [0.29, 0.717) is 56.9 Å². The molecule has 0 fully saturated rings. The van der Waals surface area contributed by atoms with E-state index in [0.717, 1.165) is 0 Å². The van der Waals surface area contributed by atoms with E-state index in [2.05, 4.69) is 19.9 Å². The molecule has 0 radical (unpaired) electrons. The molecule has 31 heavy (non-hydrogen) atoms. The van der Waals surface area contributed by atoms with Crippen molar-refractivity contribution in [3.05, 3.63) is 85.2 Å². The van der Waals surface area contributed by atoms with Crippen LogP contribution in [-0.4, -0.2) is 19.9 Å². The standard InChI is InChI=1S/C24H14N4O3/c1-3-11-25-17(5-1)23-27-19-13-15(7-9-21(19)30-23)29-16-8-10-22-20(14-16)28-24(31-22)18-6-2-4-12-26-18/h1-14H. The van der Waals surface area contributed by atoms with Crippen molar-refractivity contribution in [3.8, 4) is 34.7 Å². The van der Waals surface area contributed by atoms with Crippen LogP contribution in [0.2, 0.25) is 0 Å². The first-order chi connectivity index (χ1) is 15.3. The molecular formula is C24H14N4O3. The predicted octanol–water partition coefficient (Wildman–Crippen LogP) is 5.89. The second-order valence-corrected chi connectivity index (χ2v) is 6.83. The first-order valence-corrected chi connectivity index (χ1v) is 9.64. The molecule has 4 aromatic heterocycles. The fourth-order valence-corrected chi connectivity index (χ4v) is 3.28. The number of aromatic nitrogens is 4. The molecule has 7 nitrogen and oxygen atoms in total. The minimum atomic E-state index is 0.471. The average molecular weight is 406 g/mol. The fraction of sp³-hybridized carbons (Fsp3) is 0. The summed E-state index contributed by atoms with van der Waals surface area (Å²) in [4.78, 5) is 17.6. The molecular weight excluding hydrogens is 392 g/mol. The van der Waals surface area contributed by atoms with Crippen LogP contribution in [-0.2, 0) is 0 Å². The second-order valence-electron chi connectivity index (χ2n) is 6.83. The number of rotatable bonds is 4. The normalized spacial score (nSPS) is 11.2. The molecule has 0 aliphatic rings. The van der Waals surface area contributed by atoms with E-state index in [1.54, 1.807) is 12.4 Å². The van der Waals surface area contributed by atoms with Crippen molar-refractivity contribution in [3.63, 3.8) is 0 Å². The third-order valence-corrected chi connectivity index (χ3v) is 4.72. The number of hydrogen-bond donors (Lipinski definition) is 0. The molecule has 0 aliphatic heterocycles. The molecule has 4 heterocycles. The summed E-state index contributed by atoms with van der Waals surface area (Å²) in [6.07, 6.45) is 3.41. The van der Waals surface area contributed by atoms with Gasteiger partial charge in [0.1, 0.15) is 33.9 Å². The van der Waals surface area contributed by atoms with Crippen LogP contribution in [0.1, 0.15) is 0 Å². The number of oxazole rings is 2. The van der Waals surface area contributed by atoms with Gasteiger partial charge in [0.15, 0.2) is 11.2 Å². The topological polar surface area (TPSA) is 87.1 Å². The fourth-order valence-electron chi connectivity index (χ4n) is 3.28. The summed E-state index contributed by atoms with van der Waals surface area (Å²) in [7, 11) is 0. The van der Waals surface area contributed by atoms with E-state index in [4.69, 9.17) is 13.6 Å².